The Kier molecular flexibility index (Phi) is 12.3. The van der Waals surface area contributed by atoms with E-state index in [1.54, 1.807) is 42.5 Å². The molecule has 4 rings (SSSR count). The first-order valence-electron chi connectivity index (χ1n) is 14.5. The minimum Gasteiger partial charge on any atom is -0.354 e. The summed E-state index contributed by atoms with van der Waals surface area (Å²) < 4.78 is 29.1. The molecule has 4 aromatic rings. The summed E-state index contributed by atoms with van der Waals surface area (Å²) in [7, 11) is -4.27. The maximum atomic E-state index is 14.5. The monoisotopic (exact) mass is 685 g/mol. The van der Waals surface area contributed by atoms with Crippen LogP contribution in [0.1, 0.15) is 30.9 Å². The zero-order valence-electron chi connectivity index (χ0n) is 24.7. The lowest BCUT2D eigenvalue weighted by Crippen LogP contribution is -2.53. The minimum absolute atomic E-state index is 0.0173. The second-order valence-corrected chi connectivity index (χ2v) is 13.6. The van der Waals surface area contributed by atoms with Crippen molar-refractivity contribution in [2.75, 3.05) is 17.4 Å². The van der Waals surface area contributed by atoms with Crippen LogP contribution in [-0.4, -0.2) is 44.3 Å². The van der Waals surface area contributed by atoms with Crippen molar-refractivity contribution in [2.45, 2.75) is 43.7 Å². The summed E-state index contributed by atoms with van der Waals surface area (Å²) in [5.74, 6) is -0.926. The molecule has 1 N–H and O–H groups in total. The first-order chi connectivity index (χ1) is 21.6. The van der Waals surface area contributed by atoms with Crippen molar-refractivity contribution in [3.8, 4) is 0 Å². The smallest absolute Gasteiger partial charge is 0.264 e. The van der Waals surface area contributed by atoms with Gasteiger partial charge in [-0.3, -0.25) is 13.9 Å². The van der Waals surface area contributed by atoms with Crippen LogP contribution < -0.4 is 9.62 Å². The van der Waals surface area contributed by atoms with Crippen molar-refractivity contribution in [3.05, 3.63) is 129 Å². The molecule has 0 unspecified atom stereocenters. The number of sulfonamides is 1. The molecule has 236 valence electrons. The van der Waals surface area contributed by atoms with Gasteiger partial charge in [-0.1, -0.05) is 109 Å². The number of anilines is 1. The van der Waals surface area contributed by atoms with Crippen molar-refractivity contribution < 1.29 is 18.0 Å². The third-order valence-electron chi connectivity index (χ3n) is 7.11. The number of nitrogens with one attached hydrogen (secondary N) is 1. The molecule has 0 saturated heterocycles. The molecule has 11 heteroatoms. The van der Waals surface area contributed by atoms with Gasteiger partial charge in [0.1, 0.15) is 12.6 Å². The zero-order chi connectivity index (χ0) is 32.4. The topological polar surface area (TPSA) is 86.8 Å². The molecule has 45 heavy (non-hydrogen) atoms. The number of unbranched alkanes of at least 4 members (excludes halogenated alkanes) is 1. The van der Waals surface area contributed by atoms with Crippen LogP contribution in [0.15, 0.2) is 108 Å². The number of halogens is 3. The van der Waals surface area contributed by atoms with E-state index in [1.165, 1.54) is 35.2 Å². The highest BCUT2D eigenvalue weighted by molar-refractivity contribution is 7.92. The van der Waals surface area contributed by atoms with Gasteiger partial charge >= 0.3 is 0 Å². The quantitative estimate of drug-likeness (QED) is 0.140. The Morgan fingerprint density at radius 3 is 1.98 bits per heavy atom. The van der Waals surface area contributed by atoms with Crippen molar-refractivity contribution in [1.82, 2.24) is 10.2 Å². The predicted molar refractivity (Wildman–Crippen MR) is 181 cm³/mol. The molecule has 0 bridgehead atoms. The van der Waals surface area contributed by atoms with Gasteiger partial charge in [0, 0.05) is 34.6 Å². The normalized spacial score (nSPS) is 11.9. The van der Waals surface area contributed by atoms with E-state index in [4.69, 9.17) is 34.8 Å². The van der Waals surface area contributed by atoms with E-state index in [2.05, 4.69) is 5.32 Å². The van der Waals surface area contributed by atoms with Gasteiger partial charge in [0.25, 0.3) is 10.0 Å². The Bertz CT molecular complexity index is 1670. The number of nitrogens with zero attached hydrogens (tertiary/aromatic N) is 2. The zero-order valence-corrected chi connectivity index (χ0v) is 27.8. The van der Waals surface area contributed by atoms with Crippen LogP contribution in [0.2, 0.25) is 15.1 Å². The third-order valence-corrected chi connectivity index (χ3v) is 9.59. The first-order valence-corrected chi connectivity index (χ1v) is 17.1. The molecule has 0 heterocycles. The maximum Gasteiger partial charge on any atom is 0.264 e. The Labute approximate surface area is 279 Å². The van der Waals surface area contributed by atoms with Gasteiger partial charge in [-0.05, 0) is 60.0 Å². The molecule has 0 spiro atoms. The lowest BCUT2D eigenvalue weighted by atomic mass is 10.0. The molecule has 0 aliphatic carbocycles. The Balaban J connectivity index is 1.80. The Hall–Kier alpha value is -3.56. The molecule has 0 radical (unpaired) electrons. The standard InChI is InChI=1S/C34H34Cl3N3O4S/c1-2-3-18-38-34(42)32(19-25-10-6-4-7-11-25)39(23-26-14-16-27(35)17-15-26)33(41)24-40(30-21-28(36)20-29(37)22-30)45(43,44)31-12-8-5-9-13-31/h4-17,20-22,32H,2-3,18-19,23-24H2,1H3,(H,38,42)/t32-/m0/s1. The number of amides is 2. The number of carbonyl (C=O) groups is 2. The Morgan fingerprint density at radius 1 is 0.778 bits per heavy atom. The van der Waals surface area contributed by atoms with E-state index >= 15 is 0 Å². The average molecular weight is 687 g/mol. The summed E-state index contributed by atoms with van der Waals surface area (Å²) in [4.78, 5) is 29.7. The summed E-state index contributed by atoms with van der Waals surface area (Å²) in [6.45, 7) is 1.88. The fourth-order valence-electron chi connectivity index (χ4n) is 4.78. The van der Waals surface area contributed by atoms with Gasteiger partial charge in [-0.2, -0.15) is 0 Å². The van der Waals surface area contributed by atoms with E-state index < -0.39 is 28.5 Å². The SMILES string of the molecule is CCCCNC(=O)[C@H](Cc1ccccc1)N(Cc1ccc(Cl)cc1)C(=O)CN(c1cc(Cl)cc(Cl)c1)S(=O)(=O)c1ccccc1. The van der Waals surface area contributed by atoms with Gasteiger partial charge in [0.15, 0.2) is 0 Å². The van der Waals surface area contributed by atoms with E-state index in [0.29, 0.717) is 11.6 Å². The highest BCUT2D eigenvalue weighted by Gasteiger charge is 2.34. The van der Waals surface area contributed by atoms with Crippen molar-refractivity contribution in [1.29, 1.82) is 0 Å². The highest BCUT2D eigenvalue weighted by atomic mass is 35.5. The molecule has 2 amide bonds. The summed E-state index contributed by atoms with van der Waals surface area (Å²) in [5.41, 5.74) is 1.68. The van der Waals surface area contributed by atoms with Gasteiger partial charge < -0.3 is 10.2 Å². The van der Waals surface area contributed by atoms with Gasteiger partial charge in [-0.25, -0.2) is 8.42 Å². The predicted octanol–water partition coefficient (Wildman–Crippen LogP) is 7.40. The molecular formula is C34H34Cl3N3O4S. The van der Waals surface area contributed by atoms with E-state index in [1.807, 2.05) is 37.3 Å². The van der Waals surface area contributed by atoms with Crippen LogP contribution >= 0.6 is 34.8 Å². The molecule has 0 saturated carbocycles. The Morgan fingerprint density at radius 2 is 1.38 bits per heavy atom. The van der Waals surface area contributed by atoms with Crippen LogP contribution in [0.3, 0.4) is 0 Å². The van der Waals surface area contributed by atoms with Crippen LogP contribution in [0.5, 0.6) is 0 Å². The molecule has 0 aliphatic rings. The molecule has 0 fully saturated rings. The molecule has 0 aromatic heterocycles. The molecule has 7 nitrogen and oxygen atoms in total. The second-order valence-electron chi connectivity index (χ2n) is 10.5. The number of hydrogen-bond donors (Lipinski definition) is 1. The van der Waals surface area contributed by atoms with Crippen LogP contribution in [0, 0.1) is 0 Å². The van der Waals surface area contributed by atoms with Crippen molar-refractivity contribution in [3.63, 3.8) is 0 Å². The molecular weight excluding hydrogens is 653 g/mol. The third kappa shape index (κ3) is 9.47. The van der Waals surface area contributed by atoms with E-state index in [0.717, 1.165) is 28.3 Å². The minimum atomic E-state index is -4.27. The van der Waals surface area contributed by atoms with Gasteiger partial charge in [0.2, 0.25) is 11.8 Å². The maximum absolute atomic E-state index is 14.5. The number of rotatable bonds is 14. The number of benzene rings is 4. The summed E-state index contributed by atoms with van der Waals surface area (Å²) in [5, 5.41) is 3.90. The molecule has 0 aliphatic heterocycles. The number of hydrogen-bond acceptors (Lipinski definition) is 4. The van der Waals surface area contributed by atoms with Crippen molar-refractivity contribution in [2.24, 2.45) is 0 Å². The fraction of sp³-hybridized carbons (Fsp3) is 0.235. The second kappa shape index (κ2) is 16.1. The van der Waals surface area contributed by atoms with Crippen molar-refractivity contribution >= 4 is 62.3 Å². The van der Waals surface area contributed by atoms with E-state index in [-0.39, 0.29) is 39.5 Å². The van der Waals surface area contributed by atoms with Crippen LogP contribution in [0.4, 0.5) is 5.69 Å². The first kappa shape index (κ1) is 34.3. The fourth-order valence-corrected chi connectivity index (χ4v) is 6.84. The van der Waals surface area contributed by atoms with Gasteiger partial charge in [0.05, 0.1) is 10.6 Å². The lowest BCUT2D eigenvalue weighted by molar-refractivity contribution is -0.140. The van der Waals surface area contributed by atoms with Crippen LogP contribution in [0.25, 0.3) is 0 Å². The summed E-state index contributed by atoms with van der Waals surface area (Å²) in [6, 6.07) is 27.5. The largest absolute Gasteiger partial charge is 0.354 e. The number of carbonyl (C=O) groups excluding carboxylic acids is 2. The van der Waals surface area contributed by atoms with Crippen LogP contribution in [-0.2, 0) is 32.6 Å². The van der Waals surface area contributed by atoms with Gasteiger partial charge in [-0.15, -0.1) is 0 Å². The van der Waals surface area contributed by atoms with E-state index in [9.17, 15) is 18.0 Å². The summed E-state index contributed by atoms with van der Waals surface area (Å²) in [6.07, 6.45) is 1.87. The molecule has 4 aromatic carbocycles. The highest BCUT2D eigenvalue weighted by Crippen LogP contribution is 2.30. The lowest BCUT2D eigenvalue weighted by Gasteiger charge is -2.34. The average Bonchev–Trinajstić information content (AvgIpc) is 3.02. The molecule has 1 atom stereocenters. The summed E-state index contributed by atoms with van der Waals surface area (Å²) >= 11 is 18.7.